The Labute approximate surface area is 85.8 Å². The lowest BCUT2D eigenvalue weighted by Gasteiger charge is -2.07. The molecule has 0 spiro atoms. The zero-order valence-electron chi connectivity index (χ0n) is 8.20. The number of rotatable bonds is 2. The quantitative estimate of drug-likeness (QED) is 0.692. The Hall–Kier alpha value is -2.09. The summed E-state index contributed by atoms with van der Waals surface area (Å²) in [5.74, 6) is -1.65. The molecule has 1 rings (SSSR count). The van der Waals surface area contributed by atoms with Crippen molar-refractivity contribution < 1.29 is 18.7 Å². The van der Waals surface area contributed by atoms with Crippen LogP contribution in [0.15, 0.2) is 12.1 Å². The van der Waals surface area contributed by atoms with E-state index < -0.39 is 11.8 Å². The normalized spacial score (nSPS) is 9.20. The first-order chi connectivity index (χ1) is 7.15. The third kappa shape index (κ3) is 1.89. The average Bonchev–Trinajstić information content (AvgIpc) is 2.27. The van der Waals surface area contributed by atoms with Crippen molar-refractivity contribution >= 4 is 5.97 Å². The molecule has 0 aliphatic carbocycles. The highest BCUT2D eigenvalue weighted by Gasteiger charge is 2.19. The second-order valence-electron chi connectivity index (χ2n) is 2.61. The molecule has 0 saturated carbocycles. The molecular formula is C10H8FNO3. The maximum atomic E-state index is 13.2. The largest absolute Gasteiger partial charge is 0.492 e. The molecule has 78 valence electrons. The topological polar surface area (TPSA) is 59.3 Å². The van der Waals surface area contributed by atoms with Crippen LogP contribution in [-0.2, 0) is 4.74 Å². The Morgan fingerprint density at radius 2 is 2.13 bits per heavy atom. The van der Waals surface area contributed by atoms with Gasteiger partial charge in [-0.2, -0.15) is 5.26 Å². The summed E-state index contributed by atoms with van der Waals surface area (Å²) < 4.78 is 22.3. The molecule has 5 heteroatoms. The van der Waals surface area contributed by atoms with Gasteiger partial charge in [-0.1, -0.05) is 0 Å². The predicted octanol–water partition coefficient (Wildman–Crippen LogP) is 1.49. The Kier molecular flexibility index (Phi) is 3.24. The summed E-state index contributed by atoms with van der Waals surface area (Å²) in [6.45, 7) is 0. The molecule has 0 aliphatic heterocycles. The van der Waals surface area contributed by atoms with E-state index in [9.17, 15) is 9.18 Å². The van der Waals surface area contributed by atoms with E-state index in [1.54, 1.807) is 6.07 Å². The van der Waals surface area contributed by atoms with Crippen LogP contribution in [0, 0.1) is 17.1 Å². The van der Waals surface area contributed by atoms with Crippen molar-refractivity contribution in [2.45, 2.75) is 0 Å². The Balaban J connectivity index is 3.43. The van der Waals surface area contributed by atoms with Gasteiger partial charge in [0.05, 0.1) is 19.8 Å². The van der Waals surface area contributed by atoms with Gasteiger partial charge in [-0.15, -0.1) is 0 Å². The number of benzene rings is 1. The second-order valence-corrected chi connectivity index (χ2v) is 2.61. The van der Waals surface area contributed by atoms with Crippen LogP contribution in [0.1, 0.15) is 15.9 Å². The van der Waals surface area contributed by atoms with E-state index in [2.05, 4.69) is 4.74 Å². The first-order valence-electron chi connectivity index (χ1n) is 4.00. The van der Waals surface area contributed by atoms with Crippen LogP contribution in [0.25, 0.3) is 0 Å². The van der Waals surface area contributed by atoms with E-state index in [1.807, 2.05) is 0 Å². The van der Waals surface area contributed by atoms with E-state index in [-0.39, 0.29) is 16.9 Å². The number of hydrogen-bond donors (Lipinski definition) is 0. The van der Waals surface area contributed by atoms with Gasteiger partial charge < -0.3 is 9.47 Å². The molecule has 1 aromatic carbocycles. The molecule has 0 fully saturated rings. The first kappa shape index (κ1) is 11.0. The highest BCUT2D eigenvalue weighted by molar-refractivity contribution is 5.93. The number of hydrogen-bond acceptors (Lipinski definition) is 4. The minimum Gasteiger partial charge on any atom is -0.492 e. The minimum absolute atomic E-state index is 0.0155. The molecule has 0 N–H and O–H groups in total. The zero-order chi connectivity index (χ0) is 11.4. The summed E-state index contributed by atoms with van der Waals surface area (Å²) in [6, 6.07) is 3.94. The van der Waals surface area contributed by atoms with Gasteiger partial charge in [0.1, 0.15) is 11.6 Å². The Bertz CT molecular complexity index is 437. The van der Waals surface area contributed by atoms with E-state index >= 15 is 0 Å². The van der Waals surface area contributed by atoms with Crippen LogP contribution in [-0.4, -0.2) is 20.2 Å². The third-order valence-electron chi connectivity index (χ3n) is 1.83. The second kappa shape index (κ2) is 4.42. The lowest BCUT2D eigenvalue weighted by Crippen LogP contribution is -2.06. The fourth-order valence-corrected chi connectivity index (χ4v) is 1.15. The van der Waals surface area contributed by atoms with Gasteiger partial charge in [0.15, 0.2) is 11.6 Å². The predicted molar refractivity (Wildman–Crippen MR) is 49.0 cm³/mol. The molecule has 15 heavy (non-hydrogen) atoms. The highest BCUT2D eigenvalue weighted by Crippen LogP contribution is 2.25. The molecule has 0 aliphatic rings. The minimum atomic E-state index is -0.704. The van der Waals surface area contributed by atoms with E-state index in [0.29, 0.717) is 0 Å². The lowest BCUT2D eigenvalue weighted by atomic mass is 10.1. The van der Waals surface area contributed by atoms with Crippen LogP contribution in [0.2, 0.25) is 0 Å². The van der Waals surface area contributed by atoms with Gasteiger partial charge in [-0.3, -0.25) is 0 Å². The van der Waals surface area contributed by atoms with Gasteiger partial charge in [0, 0.05) is 0 Å². The number of ether oxygens (including phenoxy) is 2. The van der Waals surface area contributed by atoms with Gasteiger partial charge in [0.2, 0.25) is 0 Å². The molecule has 0 bridgehead atoms. The van der Waals surface area contributed by atoms with Crippen molar-refractivity contribution in [2.75, 3.05) is 14.2 Å². The SMILES string of the molecule is COC(=O)c1ccc(F)c(OC)c1C#N. The fourth-order valence-electron chi connectivity index (χ4n) is 1.15. The lowest BCUT2D eigenvalue weighted by molar-refractivity contribution is 0.0600. The van der Waals surface area contributed by atoms with Gasteiger partial charge in [0.25, 0.3) is 0 Å². The third-order valence-corrected chi connectivity index (χ3v) is 1.83. The zero-order valence-corrected chi connectivity index (χ0v) is 8.20. The van der Waals surface area contributed by atoms with Gasteiger partial charge in [-0.25, -0.2) is 9.18 Å². The number of esters is 1. The molecule has 0 aromatic heterocycles. The molecule has 0 saturated heterocycles. The molecule has 0 amide bonds. The summed E-state index contributed by atoms with van der Waals surface area (Å²) >= 11 is 0. The summed E-state index contributed by atoms with van der Waals surface area (Å²) in [6.07, 6.45) is 0. The number of methoxy groups -OCH3 is 2. The highest BCUT2D eigenvalue weighted by atomic mass is 19.1. The summed E-state index contributed by atoms with van der Waals surface area (Å²) in [7, 11) is 2.40. The maximum absolute atomic E-state index is 13.2. The Morgan fingerprint density at radius 3 is 2.60 bits per heavy atom. The first-order valence-corrected chi connectivity index (χ1v) is 4.00. The molecule has 0 heterocycles. The van der Waals surface area contributed by atoms with E-state index in [4.69, 9.17) is 10.00 Å². The number of carbonyl (C=O) groups excluding carboxylic acids is 1. The van der Waals surface area contributed by atoms with Crippen molar-refractivity contribution in [2.24, 2.45) is 0 Å². The molecule has 0 unspecified atom stereocenters. The summed E-state index contributed by atoms with van der Waals surface area (Å²) in [5, 5.41) is 8.79. The number of halogens is 1. The summed E-state index contributed by atoms with van der Waals surface area (Å²) in [4.78, 5) is 11.2. The van der Waals surface area contributed by atoms with Crippen molar-refractivity contribution in [3.63, 3.8) is 0 Å². The van der Waals surface area contributed by atoms with Crippen molar-refractivity contribution in [3.05, 3.63) is 29.1 Å². The Morgan fingerprint density at radius 1 is 1.47 bits per heavy atom. The number of nitriles is 1. The van der Waals surface area contributed by atoms with Crippen molar-refractivity contribution in [3.8, 4) is 11.8 Å². The van der Waals surface area contributed by atoms with Crippen LogP contribution in [0.4, 0.5) is 4.39 Å². The monoisotopic (exact) mass is 209 g/mol. The number of nitrogens with zero attached hydrogens (tertiary/aromatic N) is 1. The summed E-state index contributed by atoms with van der Waals surface area (Å²) in [5.41, 5.74) is -0.178. The van der Waals surface area contributed by atoms with Crippen molar-refractivity contribution in [1.29, 1.82) is 5.26 Å². The maximum Gasteiger partial charge on any atom is 0.339 e. The van der Waals surface area contributed by atoms with E-state index in [0.717, 1.165) is 6.07 Å². The molecule has 4 nitrogen and oxygen atoms in total. The number of carbonyl (C=O) groups is 1. The van der Waals surface area contributed by atoms with Crippen molar-refractivity contribution in [1.82, 2.24) is 0 Å². The van der Waals surface area contributed by atoms with Crippen LogP contribution < -0.4 is 4.74 Å². The smallest absolute Gasteiger partial charge is 0.339 e. The van der Waals surface area contributed by atoms with E-state index in [1.165, 1.54) is 20.3 Å². The van der Waals surface area contributed by atoms with Crippen LogP contribution in [0.5, 0.6) is 5.75 Å². The van der Waals surface area contributed by atoms with Gasteiger partial charge in [-0.05, 0) is 12.1 Å². The molecule has 0 radical (unpaired) electrons. The van der Waals surface area contributed by atoms with Gasteiger partial charge >= 0.3 is 5.97 Å². The average molecular weight is 209 g/mol. The molecular weight excluding hydrogens is 201 g/mol. The molecule has 0 atom stereocenters. The van der Waals surface area contributed by atoms with Crippen LogP contribution >= 0.6 is 0 Å². The molecule has 1 aromatic rings. The van der Waals surface area contributed by atoms with Crippen LogP contribution in [0.3, 0.4) is 0 Å². The standard InChI is InChI=1S/C10H8FNO3/c1-14-9-7(5-12)6(10(13)15-2)3-4-8(9)11/h3-4H,1-2H3. The fraction of sp³-hybridized carbons (Fsp3) is 0.200.